The first-order valence-electron chi connectivity index (χ1n) is 4.79. The molecule has 0 saturated carbocycles. The van der Waals surface area contributed by atoms with Crippen LogP contribution in [0.3, 0.4) is 0 Å². The fourth-order valence-corrected chi connectivity index (χ4v) is 2.42. The zero-order valence-electron chi connectivity index (χ0n) is 8.64. The number of aliphatic imine (C=N–C) groups is 1. The molecule has 0 aliphatic carbocycles. The second-order valence-corrected chi connectivity index (χ2v) is 4.76. The Kier molecular flexibility index (Phi) is 3.51. The van der Waals surface area contributed by atoms with E-state index < -0.39 is 0 Å². The van der Waals surface area contributed by atoms with Crippen LogP contribution < -0.4 is 0 Å². The lowest BCUT2D eigenvalue weighted by Crippen LogP contribution is -2.13. The molecule has 1 aliphatic heterocycles. The molecule has 0 amide bonds. The molecule has 1 aromatic carbocycles. The van der Waals surface area contributed by atoms with E-state index in [1.165, 1.54) is 6.92 Å². The SMILES string of the molecule is CC(=O)OC1CSC(c2ccc(Cl)cc2)=N1. The Bertz CT molecular complexity index is 430. The topological polar surface area (TPSA) is 38.7 Å². The lowest BCUT2D eigenvalue weighted by atomic mass is 10.2. The number of benzene rings is 1. The highest BCUT2D eigenvalue weighted by Gasteiger charge is 2.21. The Hall–Kier alpha value is -1.00. The van der Waals surface area contributed by atoms with Gasteiger partial charge in [0.15, 0.2) is 0 Å². The molecule has 2 rings (SSSR count). The van der Waals surface area contributed by atoms with Crippen LogP contribution in [0.1, 0.15) is 12.5 Å². The van der Waals surface area contributed by atoms with E-state index in [0.29, 0.717) is 10.8 Å². The van der Waals surface area contributed by atoms with Gasteiger partial charge in [-0.3, -0.25) is 4.79 Å². The minimum Gasteiger partial charge on any atom is -0.439 e. The minimum atomic E-state index is -0.354. The number of rotatable bonds is 2. The summed E-state index contributed by atoms with van der Waals surface area (Å²) < 4.78 is 5.01. The maximum atomic E-state index is 10.8. The number of hydrogen-bond donors (Lipinski definition) is 0. The van der Waals surface area contributed by atoms with Gasteiger partial charge >= 0.3 is 5.97 Å². The maximum Gasteiger partial charge on any atom is 0.304 e. The number of halogens is 1. The molecule has 5 heteroatoms. The van der Waals surface area contributed by atoms with E-state index >= 15 is 0 Å². The zero-order chi connectivity index (χ0) is 11.5. The lowest BCUT2D eigenvalue weighted by Gasteiger charge is -2.04. The number of carbonyl (C=O) groups is 1. The van der Waals surface area contributed by atoms with Gasteiger partial charge in [0.1, 0.15) is 5.04 Å². The second kappa shape index (κ2) is 4.89. The van der Waals surface area contributed by atoms with E-state index in [9.17, 15) is 4.79 Å². The molecule has 16 heavy (non-hydrogen) atoms. The maximum absolute atomic E-state index is 10.8. The predicted molar refractivity (Wildman–Crippen MR) is 66.0 cm³/mol. The van der Waals surface area contributed by atoms with E-state index in [1.54, 1.807) is 11.8 Å². The summed E-state index contributed by atoms with van der Waals surface area (Å²) in [5.41, 5.74) is 1.00. The highest BCUT2D eigenvalue weighted by molar-refractivity contribution is 8.14. The lowest BCUT2D eigenvalue weighted by molar-refractivity contribution is -0.144. The summed E-state index contributed by atoms with van der Waals surface area (Å²) >= 11 is 7.38. The Balaban J connectivity index is 2.11. The zero-order valence-corrected chi connectivity index (χ0v) is 10.2. The minimum absolute atomic E-state index is 0.299. The molecule has 1 aromatic rings. The highest BCUT2D eigenvalue weighted by Crippen LogP contribution is 2.24. The summed E-state index contributed by atoms with van der Waals surface area (Å²) in [7, 11) is 0. The van der Waals surface area contributed by atoms with Gasteiger partial charge in [0.2, 0.25) is 6.23 Å². The third-order valence-electron chi connectivity index (χ3n) is 2.02. The monoisotopic (exact) mass is 255 g/mol. The normalized spacial score (nSPS) is 19.4. The van der Waals surface area contributed by atoms with E-state index in [0.717, 1.165) is 10.6 Å². The number of hydrogen-bond acceptors (Lipinski definition) is 4. The Morgan fingerprint density at radius 1 is 1.50 bits per heavy atom. The largest absolute Gasteiger partial charge is 0.439 e. The summed E-state index contributed by atoms with van der Waals surface area (Å²) in [4.78, 5) is 15.1. The number of carbonyl (C=O) groups excluding carboxylic acids is 1. The molecule has 3 nitrogen and oxygen atoms in total. The van der Waals surface area contributed by atoms with Crippen LogP contribution in [0.15, 0.2) is 29.3 Å². The molecule has 0 radical (unpaired) electrons. The van der Waals surface area contributed by atoms with Crippen LogP contribution in [0.5, 0.6) is 0 Å². The van der Waals surface area contributed by atoms with E-state index in [1.807, 2.05) is 24.3 Å². The third-order valence-corrected chi connectivity index (χ3v) is 3.34. The third kappa shape index (κ3) is 2.77. The van der Waals surface area contributed by atoms with E-state index in [2.05, 4.69) is 4.99 Å². The van der Waals surface area contributed by atoms with Crippen molar-refractivity contribution in [3.05, 3.63) is 34.9 Å². The fraction of sp³-hybridized carbons (Fsp3) is 0.273. The van der Waals surface area contributed by atoms with Gasteiger partial charge in [-0.1, -0.05) is 23.7 Å². The number of nitrogens with zero attached hydrogens (tertiary/aromatic N) is 1. The fourth-order valence-electron chi connectivity index (χ4n) is 1.36. The standard InChI is InChI=1S/C11H10ClNO2S/c1-7(14)15-10-6-16-11(13-10)8-2-4-9(12)5-3-8/h2-5,10H,6H2,1H3. The van der Waals surface area contributed by atoms with Gasteiger partial charge in [0.05, 0.1) is 5.75 Å². The van der Waals surface area contributed by atoms with Crippen molar-refractivity contribution >= 4 is 34.4 Å². The van der Waals surface area contributed by atoms with Crippen molar-refractivity contribution in [3.8, 4) is 0 Å². The molecule has 84 valence electrons. The summed E-state index contributed by atoms with van der Waals surface area (Å²) in [6, 6.07) is 7.45. The molecule has 1 heterocycles. The van der Waals surface area contributed by atoms with Gasteiger partial charge in [-0.25, -0.2) is 4.99 Å². The molecule has 0 N–H and O–H groups in total. The van der Waals surface area contributed by atoms with Gasteiger partial charge in [-0.2, -0.15) is 0 Å². The molecule has 0 spiro atoms. The molecule has 0 saturated heterocycles. The molecule has 0 fully saturated rings. The average molecular weight is 256 g/mol. The summed E-state index contributed by atoms with van der Waals surface area (Å²) in [6.45, 7) is 1.39. The van der Waals surface area contributed by atoms with Crippen molar-refractivity contribution in [2.75, 3.05) is 5.75 Å². The van der Waals surface area contributed by atoms with E-state index in [-0.39, 0.29) is 12.2 Å². The number of esters is 1. The van der Waals surface area contributed by atoms with Crippen LogP contribution in [0, 0.1) is 0 Å². The van der Waals surface area contributed by atoms with Crippen molar-refractivity contribution in [1.29, 1.82) is 0 Å². The molecule has 0 aromatic heterocycles. The van der Waals surface area contributed by atoms with Gasteiger partial charge < -0.3 is 4.74 Å². The van der Waals surface area contributed by atoms with Crippen LogP contribution >= 0.6 is 23.4 Å². The first kappa shape index (κ1) is 11.5. The van der Waals surface area contributed by atoms with Gasteiger partial charge in [-0.15, -0.1) is 11.8 Å². The molecule has 1 atom stereocenters. The molecule has 1 unspecified atom stereocenters. The smallest absolute Gasteiger partial charge is 0.304 e. The van der Waals surface area contributed by atoms with Crippen LogP contribution in [0.25, 0.3) is 0 Å². The van der Waals surface area contributed by atoms with Crippen molar-refractivity contribution in [2.45, 2.75) is 13.2 Å². The Morgan fingerprint density at radius 3 is 2.81 bits per heavy atom. The van der Waals surface area contributed by atoms with Crippen LogP contribution in [-0.2, 0) is 9.53 Å². The molecule has 1 aliphatic rings. The van der Waals surface area contributed by atoms with Crippen LogP contribution in [0.2, 0.25) is 5.02 Å². The van der Waals surface area contributed by atoms with E-state index in [4.69, 9.17) is 16.3 Å². The number of thioether (sulfide) groups is 1. The summed E-state index contributed by atoms with van der Waals surface area (Å²) in [5, 5.41) is 1.59. The molecule has 0 bridgehead atoms. The predicted octanol–water partition coefficient (Wildman–Crippen LogP) is 2.72. The van der Waals surface area contributed by atoms with Crippen molar-refractivity contribution in [1.82, 2.24) is 0 Å². The quantitative estimate of drug-likeness (QED) is 0.763. The second-order valence-electron chi connectivity index (χ2n) is 3.32. The average Bonchev–Trinajstić information content (AvgIpc) is 2.66. The Labute approximate surface area is 103 Å². The van der Waals surface area contributed by atoms with Crippen molar-refractivity contribution < 1.29 is 9.53 Å². The first-order chi connectivity index (χ1) is 7.65. The highest BCUT2D eigenvalue weighted by atomic mass is 35.5. The molecular weight excluding hydrogens is 246 g/mol. The van der Waals surface area contributed by atoms with Gasteiger partial charge in [0, 0.05) is 17.5 Å². The van der Waals surface area contributed by atoms with Gasteiger partial charge in [-0.05, 0) is 12.1 Å². The number of ether oxygens (including phenoxy) is 1. The van der Waals surface area contributed by atoms with Crippen molar-refractivity contribution in [3.63, 3.8) is 0 Å². The van der Waals surface area contributed by atoms with Crippen molar-refractivity contribution in [2.24, 2.45) is 4.99 Å². The Morgan fingerprint density at radius 2 is 2.19 bits per heavy atom. The first-order valence-corrected chi connectivity index (χ1v) is 6.15. The summed E-state index contributed by atoms with van der Waals surface area (Å²) in [6.07, 6.45) is -0.354. The van der Waals surface area contributed by atoms with Gasteiger partial charge in [0.25, 0.3) is 0 Å². The van der Waals surface area contributed by atoms with Crippen LogP contribution in [0.4, 0.5) is 0 Å². The van der Waals surface area contributed by atoms with Crippen LogP contribution in [-0.4, -0.2) is 23.0 Å². The summed E-state index contributed by atoms with van der Waals surface area (Å²) in [5.74, 6) is 0.379. The molecular formula is C11H10ClNO2S.